The first-order chi connectivity index (χ1) is 16.0. The number of ether oxygens (including phenoxy) is 1. The average Bonchev–Trinajstić information content (AvgIpc) is 3.06. The van der Waals surface area contributed by atoms with Crippen molar-refractivity contribution in [3.63, 3.8) is 0 Å². The summed E-state index contributed by atoms with van der Waals surface area (Å²) in [6, 6.07) is 14.8. The van der Waals surface area contributed by atoms with Crippen LogP contribution < -0.4 is 14.5 Å². The third-order valence-corrected chi connectivity index (χ3v) is 6.92. The molecule has 0 aliphatic carbocycles. The van der Waals surface area contributed by atoms with Crippen LogP contribution >= 0.6 is 11.6 Å². The smallest absolute Gasteiger partial charge is 0.263 e. The number of hydrazone groups is 1. The first kappa shape index (κ1) is 25.3. The molecule has 34 heavy (non-hydrogen) atoms. The molecule has 0 unspecified atom stereocenters. The SMILES string of the molecule is COc1ccc(N([C@@H](C)C(=O)N/N=C\c2cc(C)n(-c3ccccc3Cl)c2C)S(C)(=O)=O)cc1. The van der Waals surface area contributed by atoms with Crippen molar-refractivity contribution >= 4 is 39.4 Å². The summed E-state index contributed by atoms with van der Waals surface area (Å²) < 4.78 is 33.0. The number of nitrogens with one attached hydrogen (secondary N) is 1. The molecule has 1 atom stereocenters. The van der Waals surface area contributed by atoms with E-state index in [1.54, 1.807) is 24.3 Å². The Kier molecular flexibility index (Phi) is 7.68. The fourth-order valence-electron chi connectivity index (χ4n) is 3.72. The zero-order chi connectivity index (χ0) is 25.0. The van der Waals surface area contributed by atoms with E-state index in [1.807, 2.05) is 48.7 Å². The van der Waals surface area contributed by atoms with Crippen molar-refractivity contribution in [2.45, 2.75) is 26.8 Å². The van der Waals surface area contributed by atoms with Crippen molar-refractivity contribution in [1.29, 1.82) is 0 Å². The quantitative estimate of drug-likeness (QED) is 0.371. The highest BCUT2D eigenvalue weighted by molar-refractivity contribution is 7.92. The number of carbonyl (C=O) groups is 1. The molecule has 1 amide bonds. The maximum absolute atomic E-state index is 12.8. The van der Waals surface area contributed by atoms with Gasteiger partial charge in [-0.25, -0.2) is 13.8 Å². The predicted molar refractivity (Wildman–Crippen MR) is 136 cm³/mol. The lowest BCUT2D eigenvalue weighted by Crippen LogP contribution is -2.46. The van der Waals surface area contributed by atoms with Crippen LogP contribution in [0.4, 0.5) is 5.69 Å². The van der Waals surface area contributed by atoms with Crippen LogP contribution in [0.25, 0.3) is 5.69 Å². The van der Waals surface area contributed by atoms with Crippen LogP contribution in [-0.2, 0) is 14.8 Å². The Labute approximate surface area is 204 Å². The second-order valence-electron chi connectivity index (χ2n) is 7.78. The zero-order valence-electron chi connectivity index (χ0n) is 19.6. The average molecular weight is 503 g/mol. The Balaban J connectivity index is 1.79. The molecule has 0 spiro atoms. The standard InChI is InChI=1S/C24H27ClN4O4S/c1-16-14-19(17(2)28(16)23-9-7-6-8-22(23)25)15-26-27-24(30)18(3)29(34(5,31)32)20-10-12-21(33-4)13-11-20/h6-15,18H,1-5H3,(H,27,30)/b26-15-/t18-/m0/s1. The van der Waals surface area contributed by atoms with Crippen LogP contribution in [-0.4, -0.2) is 44.5 Å². The Morgan fingerprint density at radius 3 is 2.41 bits per heavy atom. The first-order valence-corrected chi connectivity index (χ1v) is 12.7. The number of hydrogen-bond acceptors (Lipinski definition) is 5. The van der Waals surface area contributed by atoms with Gasteiger partial charge in [-0.15, -0.1) is 0 Å². The van der Waals surface area contributed by atoms with E-state index in [9.17, 15) is 13.2 Å². The maximum Gasteiger partial charge on any atom is 0.263 e. The third-order valence-electron chi connectivity index (χ3n) is 5.36. The Hall–Kier alpha value is -3.30. The molecule has 0 radical (unpaired) electrons. The molecule has 1 aromatic heterocycles. The van der Waals surface area contributed by atoms with Gasteiger partial charge in [0.2, 0.25) is 10.0 Å². The number of amides is 1. The van der Waals surface area contributed by atoms with Crippen LogP contribution in [0.5, 0.6) is 5.75 Å². The second kappa shape index (κ2) is 10.3. The van der Waals surface area contributed by atoms with Gasteiger partial charge in [0.15, 0.2) is 0 Å². The van der Waals surface area contributed by atoms with Crippen molar-refractivity contribution in [3.05, 3.63) is 76.6 Å². The normalized spacial score (nSPS) is 12.5. The molecule has 0 fully saturated rings. The summed E-state index contributed by atoms with van der Waals surface area (Å²) in [7, 11) is -2.22. The minimum Gasteiger partial charge on any atom is -0.497 e. The Morgan fingerprint density at radius 1 is 1.18 bits per heavy atom. The molecule has 0 saturated heterocycles. The summed E-state index contributed by atoms with van der Waals surface area (Å²) in [5.74, 6) is 0.00528. The van der Waals surface area contributed by atoms with E-state index in [0.717, 1.165) is 33.2 Å². The topological polar surface area (TPSA) is 93.0 Å². The number of hydrogen-bond donors (Lipinski definition) is 1. The number of sulfonamides is 1. The number of anilines is 1. The van der Waals surface area contributed by atoms with Gasteiger partial charge in [-0.3, -0.25) is 9.10 Å². The van der Waals surface area contributed by atoms with Gasteiger partial charge < -0.3 is 9.30 Å². The van der Waals surface area contributed by atoms with Gasteiger partial charge in [0, 0.05) is 17.0 Å². The number of aryl methyl sites for hydroxylation is 1. The lowest BCUT2D eigenvalue weighted by atomic mass is 10.2. The molecule has 1 N–H and O–H groups in total. The molecule has 0 aliphatic heterocycles. The Morgan fingerprint density at radius 2 is 1.82 bits per heavy atom. The fraction of sp³-hybridized carbons (Fsp3) is 0.250. The van der Waals surface area contributed by atoms with Gasteiger partial charge >= 0.3 is 0 Å². The minimum atomic E-state index is -3.74. The van der Waals surface area contributed by atoms with E-state index in [-0.39, 0.29) is 0 Å². The monoisotopic (exact) mass is 502 g/mol. The molecule has 3 rings (SSSR count). The van der Waals surface area contributed by atoms with E-state index in [0.29, 0.717) is 16.5 Å². The highest BCUT2D eigenvalue weighted by Crippen LogP contribution is 2.26. The second-order valence-corrected chi connectivity index (χ2v) is 10.0. The van der Waals surface area contributed by atoms with Crippen molar-refractivity contribution in [2.75, 3.05) is 17.7 Å². The van der Waals surface area contributed by atoms with Crippen LogP contribution in [0.15, 0.2) is 59.7 Å². The van der Waals surface area contributed by atoms with Gasteiger partial charge in [-0.1, -0.05) is 23.7 Å². The molecule has 10 heteroatoms. The summed E-state index contributed by atoms with van der Waals surface area (Å²) in [6.45, 7) is 5.38. The summed E-state index contributed by atoms with van der Waals surface area (Å²) >= 11 is 6.35. The number of aromatic nitrogens is 1. The van der Waals surface area contributed by atoms with Crippen molar-refractivity contribution < 1.29 is 17.9 Å². The van der Waals surface area contributed by atoms with E-state index < -0.39 is 22.0 Å². The number of para-hydroxylation sites is 1. The van der Waals surface area contributed by atoms with Crippen molar-refractivity contribution in [2.24, 2.45) is 5.10 Å². The summed E-state index contributed by atoms with van der Waals surface area (Å²) in [5, 5.41) is 4.69. The van der Waals surface area contributed by atoms with E-state index in [4.69, 9.17) is 16.3 Å². The number of rotatable bonds is 8. The number of halogens is 1. The maximum atomic E-state index is 12.8. The lowest BCUT2D eigenvalue weighted by molar-refractivity contribution is -0.121. The van der Waals surface area contributed by atoms with Gasteiger partial charge in [0.1, 0.15) is 11.8 Å². The molecule has 2 aromatic carbocycles. The molecular formula is C24H27ClN4O4S. The van der Waals surface area contributed by atoms with E-state index in [2.05, 4.69) is 10.5 Å². The summed E-state index contributed by atoms with van der Waals surface area (Å²) in [6.07, 6.45) is 2.58. The van der Waals surface area contributed by atoms with E-state index >= 15 is 0 Å². The highest BCUT2D eigenvalue weighted by Gasteiger charge is 2.29. The zero-order valence-corrected chi connectivity index (χ0v) is 21.2. The number of nitrogens with zero attached hydrogens (tertiary/aromatic N) is 3. The molecular weight excluding hydrogens is 476 g/mol. The number of carbonyl (C=O) groups excluding carboxylic acids is 1. The van der Waals surface area contributed by atoms with Crippen LogP contribution in [0.2, 0.25) is 5.02 Å². The van der Waals surface area contributed by atoms with Crippen molar-refractivity contribution in [1.82, 2.24) is 9.99 Å². The molecule has 180 valence electrons. The lowest BCUT2D eigenvalue weighted by Gasteiger charge is -2.27. The van der Waals surface area contributed by atoms with E-state index in [1.165, 1.54) is 20.2 Å². The van der Waals surface area contributed by atoms with Crippen LogP contribution in [0.1, 0.15) is 23.9 Å². The molecule has 0 bridgehead atoms. The van der Waals surface area contributed by atoms with Gasteiger partial charge in [0.05, 0.1) is 36.0 Å². The third kappa shape index (κ3) is 5.43. The van der Waals surface area contributed by atoms with Gasteiger partial charge in [0.25, 0.3) is 5.91 Å². The number of benzene rings is 2. The first-order valence-electron chi connectivity index (χ1n) is 10.4. The summed E-state index contributed by atoms with van der Waals surface area (Å²) in [4.78, 5) is 12.8. The summed E-state index contributed by atoms with van der Waals surface area (Å²) in [5.41, 5.74) is 6.28. The molecule has 0 aliphatic rings. The molecule has 8 nitrogen and oxygen atoms in total. The minimum absolute atomic E-state index is 0.346. The molecule has 0 saturated carbocycles. The molecule has 3 aromatic rings. The fourth-order valence-corrected chi connectivity index (χ4v) is 5.11. The van der Waals surface area contributed by atoms with Gasteiger partial charge in [-0.2, -0.15) is 5.10 Å². The predicted octanol–water partition coefficient (Wildman–Crippen LogP) is 4.06. The molecule has 1 heterocycles. The van der Waals surface area contributed by atoms with Crippen LogP contribution in [0.3, 0.4) is 0 Å². The Bertz CT molecular complexity index is 1320. The van der Waals surface area contributed by atoms with Crippen molar-refractivity contribution in [3.8, 4) is 11.4 Å². The highest BCUT2D eigenvalue weighted by atomic mass is 35.5. The van der Waals surface area contributed by atoms with Gasteiger partial charge in [-0.05, 0) is 63.2 Å². The number of methoxy groups -OCH3 is 1. The van der Waals surface area contributed by atoms with Crippen LogP contribution in [0, 0.1) is 13.8 Å². The largest absolute Gasteiger partial charge is 0.497 e.